The quantitative estimate of drug-likeness (QED) is 0.475. The summed E-state index contributed by atoms with van der Waals surface area (Å²) in [4.78, 5) is 30.8. The lowest BCUT2D eigenvalue weighted by Gasteiger charge is -2.34. The van der Waals surface area contributed by atoms with Crippen molar-refractivity contribution in [2.75, 3.05) is 13.6 Å². The van der Waals surface area contributed by atoms with Gasteiger partial charge in [-0.3, -0.25) is 9.59 Å². The minimum atomic E-state index is -0.379. The number of benzene rings is 2. The molecule has 2 fully saturated rings. The number of aryl methyl sites for hydroxylation is 1. The van der Waals surface area contributed by atoms with E-state index in [-0.39, 0.29) is 23.9 Å². The van der Waals surface area contributed by atoms with E-state index in [2.05, 4.69) is 5.16 Å². The van der Waals surface area contributed by atoms with E-state index in [1.807, 2.05) is 78.7 Å². The van der Waals surface area contributed by atoms with Gasteiger partial charge in [-0.15, -0.1) is 0 Å². The molecule has 182 valence electrons. The van der Waals surface area contributed by atoms with Crippen molar-refractivity contribution in [1.29, 1.82) is 0 Å². The van der Waals surface area contributed by atoms with Crippen LogP contribution < -0.4 is 0 Å². The molecule has 0 N–H and O–H groups in total. The molecular formula is C29H33N3O3. The van der Waals surface area contributed by atoms with Crippen molar-refractivity contribution in [3.63, 3.8) is 0 Å². The lowest BCUT2D eigenvalue weighted by molar-refractivity contribution is -0.134. The van der Waals surface area contributed by atoms with Gasteiger partial charge < -0.3 is 14.3 Å². The number of likely N-dealkylation sites (N-methyl/N-ethyl adjacent to an activating group) is 1. The zero-order valence-electron chi connectivity index (χ0n) is 20.3. The highest BCUT2D eigenvalue weighted by atomic mass is 16.5. The van der Waals surface area contributed by atoms with E-state index in [0.717, 1.165) is 49.1 Å². The third-order valence-electron chi connectivity index (χ3n) is 7.55. The van der Waals surface area contributed by atoms with E-state index in [4.69, 9.17) is 4.52 Å². The fourth-order valence-electron chi connectivity index (χ4n) is 5.73. The van der Waals surface area contributed by atoms with Gasteiger partial charge in [0.2, 0.25) is 5.91 Å². The highest BCUT2D eigenvalue weighted by Gasteiger charge is 2.48. The summed E-state index contributed by atoms with van der Waals surface area (Å²) in [6.45, 7) is 0.611. The van der Waals surface area contributed by atoms with Gasteiger partial charge >= 0.3 is 0 Å². The van der Waals surface area contributed by atoms with Crippen molar-refractivity contribution in [2.45, 2.75) is 57.0 Å². The van der Waals surface area contributed by atoms with Crippen LogP contribution in [0.3, 0.4) is 0 Å². The van der Waals surface area contributed by atoms with Gasteiger partial charge in [0, 0.05) is 43.2 Å². The van der Waals surface area contributed by atoms with Crippen molar-refractivity contribution in [3.8, 4) is 11.3 Å². The molecule has 2 aromatic carbocycles. The first kappa shape index (κ1) is 23.3. The third-order valence-corrected chi connectivity index (χ3v) is 7.55. The Hall–Kier alpha value is -3.41. The number of rotatable bonds is 7. The van der Waals surface area contributed by atoms with Gasteiger partial charge in [0.25, 0.3) is 5.91 Å². The lowest BCUT2D eigenvalue weighted by Crippen LogP contribution is -2.50. The molecule has 1 saturated heterocycles. The Balaban J connectivity index is 1.22. The number of nitrogens with zero attached hydrogens (tertiary/aromatic N) is 3. The fraction of sp³-hybridized carbons (Fsp3) is 0.414. The Morgan fingerprint density at radius 1 is 1.03 bits per heavy atom. The second-order valence-corrected chi connectivity index (χ2v) is 9.85. The summed E-state index contributed by atoms with van der Waals surface area (Å²) in [5.41, 5.74) is 2.52. The molecule has 3 aromatic rings. The van der Waals surface area contributed by atoms with E-state index in [1.165, 1.54) is 6.42 Å². The molecule has 35 heavy (non-hydrogen) atoms. The smallest absolute Gasteiger partial charge is 0.254 e. The maximum atomic E-state index is 13.6. The number of hydrogen-bond donors (Lipinski definition) is 0. The summed E-state index contributed by atoms with van der Waals surface area (Å²) in [6.07, 6.45) is 6.66. The minimum Gasteiger partial charge on any atom is -0.361 e. The van der Waals surface area contributed by atoms with E-state index in [1.54, 1.807) is 4.90 Å². The molecule has 0 spiro atoms. The topological polar surface area (TPSA) is 66.7 Å². The predicted molar refractivity (Wildman–Crippen MR) is 135 cm³/mol. The standard InChI is InChI=1S/C29H33N3O3/c1-31(18-10-16-24-20-25(30-35-24)21-11-4-2-5-12-21)29(34)27-19-23-15-8-9-17-26(23)32(27)28(33)22-13-6-3-7-14-22/h2-7,11-14,20,23,26-27H,8-10,15-19H2,1H3. The Morgan fingerprint density at radius 2 is 1.74 bits per heavy atom. The maximum Gasteiger partial charge on any atom is 0.254 e. The van der Waals surface area contributed by atoms with Crippen LogP contribution in [0, 0.1) is 5.92 Å². The fourth-order valence-corrected chi connectivity index (χ4v) is 5.73. The monoisotopic (exact) mass is 471 g/mol. The highest BCUT2D eigenvalue weighted by Crippen LogP contribution is 2.41. The Labute approximate surface area is 206 Å². The number of carbonyl (C=O) groups excluding carboxylic acids is 2. The van der Waals surface area contributed by atoms with Crippen LogP contribution >= 0.6 is 0 Å². The molecule has 2 amide bonds. The van der Waals surface area contributed by atoms with Gasteiger partial charge in [0.05, 0.1) is 0 Å². The summed E-state index contributed by atoms with van der Waals surface area (Å²) in [5.74, 6) is 1.27. The number of aromatic nitrogens is 1. The Morgan fingerprint density at radius 3 is 2.51 bits per heavy atom. The Kier molecular flexibility index (Phi) is 6.98. The number of amides is 2. The van der Waals surface area contributed by atoms with E-state index in [0.29, 0.717) is 24.4 Å². The lowest BCUT2D eigenvalue weighted by atomic mass is 9.84. The third kappa shape index (κ3) is 5.02. The molecule has 5 rings (SSSR count). The molecule has 1 aliphatic carbocycles. The first-order valence-electron chi connectivity index (χ1n) is 12.8. The maximum absolute atomic E-state index is 13.6. The van der Waals surface area contributed by atoms with Crippen molar-refractivity contribution < 1.29 is 14.1 Å². The molecule has 2 heterocycles. The normalized spacial score (nSPS) is 21.5. The van der Waals surface area contributed by atoms with Crippen LogP contribution in [0.15, 0.2) is 71.3 Å². The SMILES string of the molecule is CN(CCCc1cc(-c2ccccc2)no1)C(=O)C1CC2CCCCC2N1C(=O)c1ccccc1. The molecule has 1 aromatic heterocycles. The molecular weight excluding hydrogens is 438 g/mol. The van der Waals surface area contributed by atoms with Crippen LogP contribution in [0.25, 0.3) is 11.3 Å². The molecule has 6 heteroatoms. The molecule has 1 aliphatic heterocycles. The largest absolute Gasteiger partial charge is 0.361 e. The van der Waals surface area contributed by atoms with Crippen molar-refractivity contribution in [3.05, 3.63) is 78.1 Å². The van der Waals surface area contributed by atoms with Gasteiger partial charge in [0.1, 0.15) is 17.5 Å². The number of fused-ring (bicyclic) bond motifs is 1. The van der Waals surface area contributed by atoms with E-state index < -0.39 is 0 Å². The van der Waals surface area contributed by atoms with E-state index >= 15 is 0 Å². The van der Waals surface area contributed by atoms with Crippen molar-refractivity contribution in [2.24, 2.45) is 5.92 Å². The number of carbonyl (C=O) groups is 2. The van der Waals surface area contributed by atoms with Gasteiger partial charge in [-0.05, 0) is 43.7 Å². The van der Waals surface area contributed by atoms with Crippen LogP contribution in [0.4, 0.5) is 0 Å². The second kappa shape index (κ2) is 10.5. The van der Waals surface area contributed by atoms with Crippen LogP contribution in [0.1, 0.15) is 54.6 Å². The molecule has 3 atom stereocenters. The average molecular weight is 472 g/mol. The summed E-state index contributed by atoms with van der Waals surface area (Å²) in [5, 5.41) is 4.18. The van der Waals surface area contributed by atoms with E-state index in [9.17, 15) is 9.59 Å². The summed E-state index contributed by atoms with van der Waals surface area (Å²) >= 11 is 0. The minimum absolute atomic E-state index is 0.0122. The predicted octanol–water partition coefficient (Wildman–Crippen LogP) is 5.21. The summed E-state index contributed by atoms with van der Waals surface area (Å²) in [6, 6.07) is 21.1. The van der Waals surface area contributed by atoms with Crippen molar-refractivity contribution in [1.82, 2.24) is 15.0 Å². The number of hydrogen-bond acceptors (Lipinski definition) is 4. The molecule has 6 nitrogen and oxygen atoms in total. The zero-order chi connectivity index (χ0) is 24.2. The van der Waals surface area contributed by atoms with Gasteiger partial charge in [0.15, 0.2) is 0 Å². The van der Waals surface area contributed by atoms with Crippen LogP contribution in [-0.2, 0) is 11.2 Å². The summed E-state index contributed by atoms with van der Waals surface area (Å²) in [7, 11) is 1.85. The molecule has 0 radical (unpaired) electrons. The second-order valence-electron chi connectivity index (χ2n) is 9.85. The first-order valence-corrected chi connectivity index (χ1v) is 12.8. The van der Waals surface area contributed by atoms with Gasteiger partial charge in [-0.1, -0.05) is 66.5 Å². The van der Waals surface area contributed by atoms with Gasteiger partial charge in [-0.25, -0.2) is 0 Å². The first-order chi connectivity index (χ1) is 17.1. The van der Waals surface area contributed by atoms with Crippen LogP contribution in [0.2, 0.25) is 0 Å². The van der Waals surface area contributed by atoms with Crippen LogP contribution in [0.5, 0.6) is 0 Å². The van der Waals surface area contributed by atoms with Crippen molar-refractivity contribution >= 4 is 11.8 Å². The average Bonchev–Trinajstić information content (AvgIpc) is 3.54. The molecule has 0 bridgehead atoms. The molecule has 3 unspecified atom stereocenters. The van der Waals surface area contributed by atoms with Crippen LogP contribution in [-0.4, -0.2) is 52.4 Å². The highest BCUT2D eigenvalue weighted by molar-refractivity contribution is 5.98. The molecule has 2 aliphatic rings. The molecule has 1 saturated carbocycles. The number of likely N-dealkylation sites (tertiary alicyclic amines) is 1. The summed E-state index contributed by atoms with van der Waals surface area (Å²) < 4.78 is 5.52. The Bertz CT molecular complexity index is 1140. The zero-order valence-corrected chi connectivity index (χ0v) is 20.3. The van der Waals surface area contributed by atoms with Gasteiger partial charge in [-0.2, -0.15) is 0 Å².